The van der Waals surface area contributed by atoms with Crippen molar-refractivity contribution in [1.82, 2.24) is 20.3 Å². The molecule has 0 amide bonds. The summed E-state index contributed by atoms with van der Waals surface area (Å²) in [6, 6.07) is 15.4. The van der Waals surface area contributed by atoms with Gasteiger partial charge in [-0.25, -0.2) is 4.98 Å². The van der Waals surface area contributed by atoms with Crippen LogP contribution >= 0.6 is 0 Å². The van der Waals surface area contributed by atoms with Crippen LogP contribution in [-0.2, 0) is 0 Å². The van der Waals surface area contributed by atoms with Crippen molar-refractivity contribution in [3.05, 3.63) is 71.7 Å². The molecule has 25 heavy (non-hydrogen) atoms. The largest absolute Gasteiger partial charge is 0.594 e. The highest BCUT2D eigenvalue weighted by Crippen LogP contribution is 2.22. The SMILES string of the molecule is CC(Nc1nc2ccc(-c3cn[nH]c3)cc2[n+]([O-])n1)c1ccccc1. The van der Waals surface area contributed by atoms with E-state index in [4.69, 9.17) is 0 Å². The third kappa shape index (κ3) is 2.99. The first-order chi connectivity index (χ1) is 12.2. The van der Waals surface area contributed by atoms with E-state index in [1.807, 2.05) is 49.4 Å². The van der Waals surface area contributed by atoms with E-state index >= 15 is 0 Å². The molecular weight excluding hydrogens is 316 g/mol. The maximum atomic E-state index is 12.3. The lowest BCUT2D eigenvalue weighted by atomic mass is 10.1. The monoisotopic (exact) mass is 332 g/mol. The van der Waals surface area contributed by atoms with Crippen LogP contribution in [-0.4, -0.2) is 20.3 Å². The van der Waals surface area contributed by atoms with Crippen LogP contribution < -0.4 is 10.2 Å². The van der Waals surface area contributed by atoms with Gasteiger partial charge in [-0.1, -0.05) is 36.4 Å². The molecule has 4 rings (SSSR count). The fourth-order valence-corrected chi connectivity index (χ4v) is 2.72. The van der Waals surface area contributed by atoms with Crippen molar-refractivity contribution in [2.45, 2.75) is 13.0 Å². The maximum Gasteiger partial charge on any atom is 0.291 e. The minimum absolute atomic E-state index is 0.0103. The first kappa shape index (κ1) is 15.1. The number of rotatable bonds is 4. The van der Waals surface area contributed by atoms with Crippen LogP contribution in [0.15, 0.2) is 60.9 Å². The Kier molecular flexibility index (Phi) is 3.74. The lowest BCUT2D eigenvalue weighted by molar-refractivity contribution is -0.641. The van der Waals surface area contributed by atoms with Gasteiger partial charge in [-0.05, 0) is 29.0 Å². The lowest BCUT2D eigenvalue weighted by Crippen LogP contribution is -2.34. The Labute approximate surface area is 143 Å². The van der Waals surface area contributed by atoms with E-state index in [1.54, 1.807) is 18.5 Å². The molecule has 0 aliphatic heterocycles. The van der Waals surface area contributed by atoms with Crippen LogP contribution in [0.25, 0.3) is 22.2 Å². The van der Waals surface area contributed by atoms with Crippen LogP contribution in [0.4, 0.5) is 5.95 Å². The van der Waals surface area contributed by atoms with Crippen molar-refractivity contribution < 1.29 is 4.85 Å². The second kappa shape index (κ2) is 6.20. The summed E-state index contributed by atoms with van der Waals surface area (Å²) in [5.41, 5.74) is 3.88. The van der Waals surface area contributed by atoms with E-state index in [-0.39, 0.29) is 6.04 Å². The first-order valence-corrected chi connectivity index (χ1v) is 7.93. The van der Waals surface area contributed by atoms with E-state index in [9.17, 15) is 5.21 Å². The Morgan fingerprint density at radius 1 is 1.12 bits per heavy atom. The predicted octanol–water partition coefficient (Wildman–Crippen LogP) is 2.83. The van der Waals surface area contributed by atoms with Gasteiger partial charge in [0.2, 0.25) is 0 Å². The third-order valence-corrected chi connectivity index (χ3v) is 4.07. The normalized spacial score (nSPS) is 12.2. The molecule has 2 N–H and O–H groups in total. The molecule has 1 atom stereocenters. The molecule has 2 heterocycles. The number of nitrogens with zero attached hydrogens (tertiary/aromatic N) is 4. The van der Waals surface area contributed by atoms with Gasteiger partial charge in [0.05, 0.1) is 17.3 Å². The van der Waals surface area contributed by atoms with Crippen molar-refractivity contribution in [3.63, 3.8) is 0 Å². The fraction of sp³-hybridized carbons (Fsp3) is 0.111. The van der Waals surface area contributed by atoms with Crippen molar-refractivity contribution >= 4 is 17.0 Å². The zero-order valence-corrected chi connectivity index (χ0v) is 13.5. The van der Waals surface area contributed by atoms with E-state index in [0.29, 0.717) is 21.8 Å². The van der Waals surface area contributed by atoms with Gasteiger partial charge in [0.25, 0.3) is 11.5 Å². The molecule has 2 aromatic heterocycles. The molecule has 124 valence electrons. The molecule has 1 unspecified atom stereocenters. The molecule has 7 heteroatoms. The van der Waals surface area contributed by atoms with Crippen LogP contribution in [0, 0.1) is 5.21 Å². The molecular formula is C18H16N6O. The van der Waals surface area contributed by atoms with Gasteiger partial charge in [-0.3, -0.25) is 5.10 Å². The standard InChI is InChI=1S/C18H16N6O/c1-12(13-5-3-2-4-6-13)21-18-22-16-8-7-14(15-10-19-20-11-15)9-17(16)24(25)23-18/h2-12H,1H3,(H,19,20)(H,21,22,23). The summed E-state index contributed by atoms with van der Waals surface area (Å²) in [4.78, 5) is 5.06. The van der Waals surface area contributed by atoms with E-state index in [0.717, 1.165) is 16.7 Å². The van der Waals surface area contributed by atoms with Gasteiger partial charge in [0.15, 0.2) is 0 Å². The van der Waals surface area contributed by atoms with Gasteiger partial charge >= 0.3 is 0 Å². The highest BCUT2D eigenvalue weighted by Gasteiger charge is 2.15. The number of H-pyrrole nitrogens is 1. The molecule has 0 saturated carbocycles. The average Bonchev–Trinajstić information content (AvgIpc) is 3.17. The molecule has 7 nitrogen and oxygen atoms in total. The molecule has 0 saturated heterocycles. The Morgan fingerprint density at radius 2 is 1.96 bits per heavy atom. The summed E-state index contributed by atoms with van der Waals surface area (Å²) >= 11 is 0. The summed E-state index contributed by atoms with van der Waals surface area (Å²) in [6.45, 7) is 2.00. The van der Waals surface area contributed by atoms with E-state index in [2.05, 4.69) is 25.6 Å². The zero-order chi connectivity index (χ0) is 17.2. The van der Waals surface area contributed by atoms with Gasteiger partial charge in [0, 0.05) is 17.8 Å². The van der Waals surface area contributed by atoms with Crippen molar-refractivity contribution in [2.24, 2.45) is 0 Å². The number of hydrogen-bond donors (Lipinski definition) is 2. The molecule has 0 aliphatic carbocycles. The Bertz CT molecular complexity index is 1000. The van der Waals surface area contributed by atoms with Crippen molar-refractivity contribution in [3.8, 4) is 11.1 Å². The number of fused-ring (bicyclic) bond motifs is 1. The molecule has 4 aromatic rings. The Balaban J connectivity index is 1.67. The van der Waals surface area contributed by atoms with Crippen LogP contribution in [0.2, 0.25) is 0 Å². The number of aromatic amines is 1. The summed E-state index contributed by atoms with van der Waals surface area (Å²) in [7, 11) is 0. The van der Waals surface area contributed by atoms with Crippen molar-refractivity contribution in [1.29, 1.82) is 0 Å². The first-order valence-electron chi connectivity index (χ1n) is 7.93. The van der Waals surface area contributed by atoms with Gasteiger partial charge < -0.3 is 10.5 Å². The number of aromatic nitrogens is 5. The summed E-state index contributed by atoms with van der Waals surface area (Å²) < 4.78 is 0. The highest BCUT2D eigenvalue weighted by molar-refractivity contribution is 5.79. The molecule has 0 spiro atoms. The molecule has 0 fully saturated rings. The topological polar surface area (TPSA) is 93.4 Å². The number of nitrogens with one attached hydrogen (secondary N) is 2. The third-order valence-electron chi connectivity index (χ3n) is 4.07. The zero-order valence-electron chi connectivity index (χ0n) is 13.5. The van der Waals surface area contributed by atoms with Crippen molar-refractivity contribution in [2.75, 3.05) is 5.32 Å². The molecule has 0 aliphatic rings. The minimum Gasteiger partial charge on any atom is -0.594 e. The predicted molar refractivity (Wildman–Crippen MR) is 94.6 cm³/mol. The summed E-state index contributed by atoms with van der Waals surface area (Å²) in [6.07, 6.45) is 3.48. The second-order valence-electron chi connectivity index (χ2n) is 5.78. The summed E-state index contributed by atoms with van der Waals surface area (Å²) in [5, 5.41) is 26.2. The Morgan fingerprint density at radius 3 is 2.72 bits per heavy atom. The van der Waals surface area contributed by atoms with Gasteiger partial charge in [0.1, 0.15) is 5.52 Å². The quantitative estimate of drug-likeness (QED) is 0.443. The minimum atomic E-state index is -0.0103. The van der Waals surface area contributed by atoms with E-state index < -0.39 is 0 Å². The summed E-state index contributed by atoms with van der Waals surface area (Å²) in [5.74, 6) is 0.301. The highest BCUT2D eigenvalue weighted by atomic mass is 16.5. The maximum absolute atomic E-state index is 12.3. The number of hydrogen-bond acceptors (Lipinski definition) is 5. The van der Waals surface area contributed by atoms with E-state index in [1.165, 1.54) is 0 Å². The lowest BCUT2D eigenvalue weighted by Gasteiger charge is -2.13. The van der Waals surface area contributed by atoms with Gasteiger partial charge in [-0.15, -0.1) is 0 Å². The smallest absolute Gasteiger partial charge is 0.291 e. The second-order valence-corrected chi connectivity index (χ2v) is 5.78. The van der Waals surface area contributed by atoms with Crippen LogP contribution in [0.3, 0.4) is 0 Å². The average molecular weight is 332 g/mol. The van der Waals surface area contributed by atoms with Crippen LogP contribution in [0.1, 0.15) is 18.5 Å². The molecule has 0 radical (unpaired) electrons. The molecule has 0 bridgehead atoms. The Hall–Kier alpha value is -3.48. The number of anilines is 1. The fourth-order valence-electron chi connectivity index (χ4n) is 2.72. The molecule has 2 aromatic carbocycles. The van der Waals surface area contributed by atoms with Gasteiger partial charge in [-0.2, -0.15) is 5.10 Å². The van der Waals surface area contributed by atoms with Crippen LogP contribution in [0.5, 0.6) is 0 Å². The number of benzene rings is 2.